The second-order valence-corrected chi connectivity index (χ2v) is 9.11. The molecule has 1 aromatic heterocycles. The van der Waals surface area contributed by atoms with Crippen molar-refractivity contribution >= 4 is 54.5 Å². The molecule has 0 saturated carbocycles. The Balaban J connectivity index is 1.93. The number of aromatic nitrogens is 1. The van der Waals surface area contributed by atoms with Gasteiger partial charge in [0, 0.05) is 29.7 Å². The van der Waals surface area contributed by atoms with E-state index in [0.29, 0.717) is 18.7 Å². The van der Waals surface area contributed by atoms with Gasteiger partial charge in [-0.2, -0.15) is 0 Å². The fourth-order valence-electron chi connectivity index (χ4n) is 2.16. The van der Waals surface area contributed by atoms with Crippen LogP contribution in [0.4, 0.5) is 5.13 Å². The summed E-state index contributed by atoms with van der Waals surface area (Å²) in [6.07, 6.45) is 3.74. The molecular formula is C17H20BrN3O4S2. The zero-order chi connectivity index (χ0) is 19.9. The Kier molecular flexibility index (Phi) is 7.96. The maximum Gasteiger partial charge on any atom is 0.302 e. The van der Waals surface area contributed by atoms with E-state index in [1.54, 1.807) is 17.5 Å². The van der Waals surface area contributed by atoms with Gasteiger partial charge in [-0.15, -0.1) is 11.3 Å². The van der Waals surface area contributed by atoms with Crippen LogP contribution >= 0.6 is 27.3 Å². The molecule has 0 aliphatic heterocycles. The summed E-state index contributed by atoms with van der Waals surface area (Å²) in [6.45, 7) is 1.91. The molecule has 2 aromatic rings. The lowest BCUT2D eigenvalue weighted by Gasteiger charge is -2.05. The Hall–Kier alpha value is -1.75. The first kappa shape index (κ1) is 21.5. The van der Waals surface area contributed by atoms with Crippen molar-refractivity contribution in [2.45, 2.75) is 19.9 Å². The average molecular weight is 474 g/mol. The van der Waals surface area contributed by atoms with Gasteiger partial charge >= 0.3 is 5.97 Å². The van der Waals surface area contributed by atoms with E-state index in [-0.39, 0.29) is 23.5 Å². The Labute approximate surface area is 170 Å². The van der Waals surface area contributed by atoms with Crippen LogP contribution in [-0.4, -0.2) is 31.7 Å². The third-order valence-electron chi connectivity index (χ3n) is 3.40. The van der Waals surface area contributed by atoms with Crippen LogP contribution in [0.2, 0.25) is 0 Å². The summed E-state index contributed by atoms with van der Waals surface area (Å²) in [6, 6.07) is 5.65. The fourth-order valence-corrected chi connectivity index (χ4v) is 4.47. The van der Waals surface area contributed by atoms with Gasteiger partial charge in [0.05, 0.1) is 18.1 Å². The number of nitrogens with two attached hydrogens (primary N) is 1. The number of benzene rings is 1. The van der Waals surface area contributed by atoms with Gasteiger partial charge in [-0.3, -0.25) is 9.52 Å². The maximum atomic E-state index is 12.2. The van der Waals surface area contributed by atoms with Crippen molar-refractivity contribution in [2.75, 3.05) is 17.1 Å². The summed E-state index contributed by atoms with van der Waals surface area (Å²) >= 11 is 4.57. The molecule has 27 heavy (non-hydrogen) atoms. The molecule has 7 nitrogen and oxygen atoms in total. The molecule has 1 heterocycles. The molecule has 0 aliphatic carbocycles. The minimum absolute atomic E-state index is 0.185. The second kappa shape index (κ2) is 9.98. The zero-order valence-corrected chi connectivity index (χ0v) is 17.9. The molecule has 0 spiro atoms. The summed E-state index contributed by atoms with van der Waals surface area (Å²) in [5.41, 5.74) is 8.17. The molecule has 146 valence electrons. The number of halogens is 1. The molecule has 1 aromatic carbocycles. The lowest BCUT2D eigenvalue weighted by Crippen LogP contribution is -2.15. The Morgan fingerprint density at radius 2 is 2.22 bits per heavy atom. The predicted octanol–water partition coefficient (Wildman–Crippen LogP) is 2.93. The van der Waals surface area contributed by atoms with E-state index in [0.717, 1.165) is 15.6 Å². The first-order valence-corrected chi connectivity index (χ1v) is 11.3. The van der Waals surface area contributed by atoms with Crippen molar-refractivity contribution in [3.63, 3.8) is 0 Å². The summed E-state index contributed by atoms with van der Waals surface area (Å²) in [5, 5.41) is 2.01. The van der Waals surface area contributed by atoms with Crippen LogP contribution in [0.3, 0.4) is 0 Å². The van der Waals surface area contributed by atoms with Crippen molar-refractivity contribution in [2.24, 2.45) is 5.73 Å². The monoisotopic (exact) mass is 473 g/mol. The molecule has 0 aliphatic rings. The van der Waals surface area contributed by atoms with Gasteiger partial charge in [0.25, 0.3) is 0 Å². The maximum absolute atomic E-state index is 12.2. The molecule has 0 atom stereocenters. The Morgan fingerprint density at radius 1 is 1.44 bits per heavy atom. The van der Waals surface area contributed by atoms with Crippen LogP contribution in [-0.2, 0) is 32.5 Å². The summed E-state index contributed by atoms with van der Waals surface area (Å²) in [5.74, 6) is -0.545. The third kappa shape index (κ3) is 7.41. The van der Waals surface area contributed by atoms with Gasteiger partial charge in [0.1, 0.15) is 0 Å². The highest BCUT2D eigenvalue weighted by atomic mass is 79.9. The van der Waals surface area contributed by atoms with Gasteiger partial charge in [-0.25, -0.2) is 13.4 Å². The molecule has 2 rings (SSSR count). The molecule has 0 unspecified atom stereocenters. The largest absolute Gasteiger partial charge is 0.465 e. The quantitative estimate of drug-likeness (QED) is 0.541. The number of esters is 1. The minimum Gasteiger partial charge on any atom is -0.465 e. The van der Waals surface area contributed by atoms with E-state index in [4.69, 9.17) is 10.5 Å². The van der Waals surface area contributed by atoms with Crippen molar-refractivity contribution in [3.8, 4) is 0 Å². The van der Waals surface area contributed by atoms with Gasteiger partial charge in [-0.1, -0.05) is 34.1 Å². The highest BCUT2D eigenvalue weighted by molar-refractivity contribution is 9.10. The second-order valence-electron chi connectivity index (χ2n) is 5.57. The van der Waals surface area contributed by atoms with Gasteiger partial charge in [-0.05, 0) is 23.3 Å². The third-order valence-corrected chi connectivity index (χ3v) is 5.96. The molecule has 0 amide bonds. The highest BCUT2D eigenvalue weighted by Gasteiger charge is 2.12. The van der Waals surface area contributed by atoms with Crippen LogP contribution in [0.5, 0.6) is 0 Å². The number of ether oxygens (including phenoxy) is 1. The SMILES string of the molecule is CC(=O)OCCc1csc(NS(=O)(=O)CC=Cc2ccc(Br)cc2CN)n1. The van der Waals surface area contributed by atoms with Gasteiger partial charge in [0.15, 0.2) is 5.13 Å². The predicted molar refractivity (Wildman–Crippen MR) is 111 cm³/mol. The number of nitrogens with zero attached hydrogens (tertiary/aromatic N) is 1. The van der Waals surface area contributed by atoms with E-state index in [2.05, 4.69) is 25.6 Å². The van der Waals surface area contributed by atoms with Crippen LogP contribution in [0.15, 0.2) is 34.1 Å². The van der Waals surface area contributed by atoms with Gasteiger partial charge in [0.2, 0.25) is 10.0 Å². The number of carbonyl (C=O) groups excluding carboxylic acids is 1. The van der Waals surface area contributed by atoms with E-state index in [9.17, 15) is 13.2 Å². The number of anilines is 1. The number of hydrogen-bond donors (Lipinski definition) is 2. The Morgan fingerprint density at radius 3 is 2.93 bits per heavy atom. The molecular weight excluding hydrogens is 454 g/mol. The van der Waals surface area contributed by atoms with E-state index < -0.39 is 10.0 Å². The van der Waals surface area contributed by atoms with Crippen LogP contribution in [0, 0.1) is 0 Å². The van der Waals surface area contributed by atoms with Crippen molar-refractivity contribution in [1.29, 1.82) is 0 Å². The van der Waals surface area contributed by atoms with E-state index in [1.165, 1.54) is 18.3 Å². The summed E-state index contributed by atoms with van der Waals surface area (Å²) in [4.78, 5) is 14.9. The number of thiazole rings is 1. The van der Waals surface area contributed by atoms with Crippen LogP contribution in [0.25, 0.3) is 6.08 Å². The highest BCUT2D eigenvalue weighted by Crippen LogP contribution is 2.19. The normalized spacial score (nSPS) is 11.7. The zero-order valence-electron chi connectivity index (χ0n) is 14.6. The number of hydrogen-bond acceptors (Lipinski definition) is 7. The topological polar surface area (TPSA) is 111 Å². The van der Waals surface area contributed by atoms with Crippen LogP contribution in [0.1, 0.15) is 23.7 Å². The number of sulfonamides is 1. The standard InChI is InChI=1S/C17H20BrN3O4S2/c1-12(22)25-7-6-16-11-26-17(20-16)21-27(23,24)8-2-3-13-4-5-15(18)9-14(13)10-19/h2-5,9,11H,6-8,10,19H2,1H3,(H,20,21). The lowest BCUT2D eigenvalue weighted by molar-refractivity contribution is -0.140. The molecule has 0 saturated heterocycles. The summed E-state index contributed by atoms with van der Waals surface area (Å²) < 4.78 is 32.6. The molecule has 10 heteroatoms. The number of carbonyl (C=O) groups is 1. The van der Waals surface area contributed by atoms with Crippen molar-refractivity contribution < 1.29 is 17.9 Å². The Bertz CT molecular complexity index is 926. The van der Waals surface area contributed by atoms with Crippen LogP contribution < -0.4 is 10.5 Å². The minimum atomic E-state index is -3.57. The molecule has 3 N–H and O–H groups in total. The fraction of sp³-hybridized carbons (Fsp3) is 0.294. The van der Waals surface area contributed by atoms with Crippen molar-refractivity contribution in [3.05, 3.63) is 50.9 Å². The van der Waals surface area contributed by atoms with Crippen molar-refractivity contribution in [1.82, 2.24) is 4.98 Å². The first-order chi connectivity index (χ1) is 12.8. The first-order valence-electron chi connectivity index (χ1n) is 8.02. The lowest BCUT2D eigenvalue weighted by atomic mass is 10.1. The average Bonchev–Trinajstić information content (AvgIpc) is 3.02. The number of nitrogens with one attached hydrogen (secondary N) is 1. The van der Waals surface area contributed by atoms with E-state index in [1.807, 2.05) is 18.2 Å². The smallest absolute Gasteiger partial charge is 0.302 e. The number of rotatable bonds is 9. The van der Waals surface area contributed by atoms with E-state index >= 15 is 0 Å². The summed E-state index contributed by atoms with van der Waals surface area (Å²) in [7, 11) is -3.57. The van der Waals surface area contributed by atoms with Gasteiger partial charge < -0.3 is 10.5 Å². The molecule has 0 bridgehead atoms. The molecule has 0 radical (unpaired) electrons. The molecule has 0 fully saturated rings.